The summed E-state index contributed by atoms with van der Waals surface area (Å²) in [5.41, 5.74) is -0.0476. The zero-order chi connectivity index (χ0) is 17.7. The van der Waals surface area contributed by atoms with Crippen LogP contribution >= 0.6 is 0 Å². The molecule has 0 aliphatic rings. The van der Waals surface area contributed by atoms with Gasteiger partial charge >= 0.3 is 6.18 Å². The quantitative estimate of drug-likeness (QED) is 0.867. The molecule has 5 nitrogen and oxygen atoms in total. The molecule has 2 rings (SSSR count). The minimum absolute atomic E-state index is 0.294. The lowest BCUT2D eigenvalue weighted by atomic mass is 10.1. The fourth-order valence-corrected chi connectivity index (χ4v) is 2.08. The van der Waals surface area contributed by atoms with Crippen LogP contribution < -0.4 is 19.5 Å². The van der Waals surface area contributed by atoms with Crippen LogP contribution in [0.1, 0.15) is 11.1 Å². The normalized spacial score (nSPS) is 11.1. The van der Waals surface area contributed by atoms with Gasteiger partial charge in [-0.25, -0.2) is 4.98 Å². The number of nitrogens with one attached hydrogen (secondary N) is 1. The van der Waals surface area contributed by atoms with Crippen molar-refractivity contribution in [2.45, 2.75) is 12.7 Å². The van der Waals surface area contributed by atoms with Crippen molar-refractivity contribution in [3.05, 3.63) is 41.6 Å². The lowest BCUT2D eigenvalue weighted by molar-refractivity contribution is -0.137. The number of hydrogen-bond donors (Lipinski definition) is 1. The van der Waals surface area contributed by atoms with E-state index in [1.165, 1.54) is 27.4 Å². The Morgan fingerprint density at radius 2 is 1.58 bits per heavy atom. The molecule has 0 aliphatic carbocycles. The van der Waals surface area contributed by atoms with Crippen LogP contribution in [0.5, 0.6) is 17.2 Å². The number of pyridine rings is 1. The van der Waals surface area contributed by atoms with Gasteiger partial charge in [-0.1, -0.05) is 0 Å². The van der Waals surface area contributed by atoms with Crippen LogP contribution in [0, 0.1) is 0 Å². The number of ether oxygens (including phenoxy) is 3. The SMILES string of the molecule is COc1cc(OC)c(OC)cc1CNc1ccc(C(F)(F)F)cn1. The number of aromatic nitrogens is 1. The smallest absolute Gasteiger partial charge is 0.417 e. The molecule has 1 N–H and O–H groups in total. The number of benzene rings is 1. The second-order valence-corrected chi connectivity index (χ2v) is 4.80. The van der Waals surface area contributed by atoms with E-state index in [0.717, 1.165) is 17.8 Å². The Morgan fingerprint density at radius 1 is 0.958 bits per heavy atom. The van der Waals surface area contributed by atoms with Gasteiger partial charge in [0.25, 0.3) is 0 Å². The molecule has 130 valence electrons. The molecule has 0 atom stereocenters. The fourth-order valence-electron chi connectivity index (χ4n) is 2.08. The van der Waals surface area contributed by atoms with Crippen LogP contribution in [-0.4, -0.2) is 26.3 Å². The van der Waals surface area contributed by atoms with E-state index in [2.05, 4.69) is 10.3 Å². The number of halogens is 3. The van der Waals surface area contributed by atoms with Gasteiger partial charge < -0.3 is 19.5 Å². The van der Waals surface area contributed by atoms with Crippen LogP contribution in [0.3, 0.4) is 0 Å². The summed E-state index contributed by atoms with van der Waals surface area (Å²) >= 11 is 0. The van der Waals surface area contributed by atoms with E-state index in [1.807, 2.05) is 0 Å². The Kier molecular flexibility index (Phi) is 5.38. The van der Waals surface area contributed by atoms with E-state index in [0.29, 0.717) is 29.6 Å². The first kappa shape index (κ1) is 17.7. The van der Waals surface area contributed by atoms with Crippen molar-refractivity contribution in [2.24, 2.45) is 0 Å². The van der Waals surface area contributed by atoms with Gasteiger partial charge in [-0.05, 0) is 18.2 Å². The predicted octanol–water partition coefficient (Wildman–Crippen LogP) is 3.74. The summed E-state index contributed by atoms with van der Waals surface area (Å²) in [5, 5.41) is 2.95. The maximum absolute atomic E-state index is 12.5. The number of anilines is 1. The molecular weight excluding hydrogens is 325 g/mol. The van der Waals surface area contributed by atoms with Gasteiger partial charge in [0.2, 0.25) is 0 Å². The zero-order valence-corrected chi connectivity index (χ0v) is 13.4. The van der Waals surface area contributed by atoms with Crippen molar-refractivity contribution >= 4 is 5.82 Å². The lowest BCUT2D eigenvalue weighted by Crippen LogP contribution is -2.07. The van der Waals surface area contributed by atoms with Crippen LogP contribution in [0.4, 0.5) is 19.0 Å². The number of methoxy groups -OCH3 is 3. The molecule has 0 bridgehead atoms. The summed E-state index contributed by atoms with van der Waals surface area (Å²) in [6, 6.07) is 5.65. The molecule has 0 aliphatic heterocycles. The largest absolute Gasteiger partial charge is 0.496 e. The topological polar surface area (TPSA) is 52.6 Å². The molecule has 0 fully saturated rings. The molecule has 0 spiro atoms. The highest BCUT2D eigenvalue weighted by molar-refractivity contribution is 5.52. The van der Waals surface area contributed by atoms with E-state index in [9.17, 15) is 13.2 Å². The maximum Gasteiger partial charge on any atom is 0.417 e. The predicted molar refractivity (Wildman–Crippen MR) is 82.7 cm³/mol. The highest BCUT2D eigenvalue weighted by Gasteiger charge is 2.30. The average Bonchev–Trinajstić information content (AvgIpc) is 2.58. The van der Waals surface area contributed by atoms with Gasteiger partial charge in [0, 0.05) is 24.4 Å². The van der Waals surface area contributed by atoms with Crippen molar-refractivity contribution in [3.8, 4) is 17.2 Å². The highest BCUT2D eigenvalue weighted by atomic mass is 19.4. The Morgan fingerprint density at radius 3 is 2.08 bits per heavy atom. The van der Waals surface area contributed by atoms with E-state index in [4.69, 9.17) is 14.2 Å². The van der Waals surface area contributed by atoms with Crippen molar-refractivity contribution < 1.29 is 27.4 Å². The minimum Gasteiger partial charge on any atom is -0.496 e. The van der Waals surface area contributed by atoms with E-state index in [1.54, 1.807) is 12.1 Å². The molecule has 1 aromatic carbocycles. The second-order valence-electron chi connectivity index (χ2n) is 4.80. The molecule has 0 saturated heterocycles. The molecule has 8 heteroatoms. The summed E-state index contributed by atoms with van der Waals surface area (Å²) in [7, 11) is 4.54. The number of rotatable bonds is 6. The molecule has 0 unspecified atom stereocenters. The third kappa shape index (κ3) is 4.01. The minimum atomic E-state index is -4.40. The summed E-state index contributed by atoms with van der Waals surface area (Å²) in [6.07, 6.45) is -3.62. The second kappa shape index (κ2) is 7.29. The third-order valence-electron chi connectivity index (χ3n) is 3.34. The number of nitrogens with zero attached hydrogens (tertiary/aromatic N) is 1. The van der Waals surface area contributed by atoms with E-state index >= 15 is 0 Å². The Bertz CT molecular complexity index is 688. The number of hydrogen-bond acceptors (Lipinski definition) is 5. The summed E-state index contributed by atoms with van der Waals surface area (Å²) in [5.74, 6) is 1.92. The highest BCUT2D eigenvalue weighted by Crippen LogP contribution is 2.35. The summed E-state index contributed by atoms with van der Waals surface area (Å²) in [6.45, 7) is 0.294. The lowest BCUT2D eigenvalue weighted by Gasteiger charge is -2.15. The summed E-state index contributed by atoms with van der Waals surface area (Å²) < 4.78 is 53.3. The van der Waals surface area contributed by atoms with E-state index < -0.39 is 11.7 Å². The molecule has 1 aromatic heterocycles. The molecular formula is C16H17F3N2O3. The maximum atomic E-state index is 12.5. The zero-order valence-electron chi connectivity index (χ0n) is 13.4. The van der Waals surface area contributed by atoms with Crippen molar-refractivity contribution in [2.75, 3.05) is 26.6 Å². The van der Waals surface area contributed by atoms with Crippen molar-refractivity contribution in [1.29, 1.82) is 0 Å². The van der Waals surface area contributed by atoms with Gasteiger partial charge in [0.15, 0.2) is 11.5 Å². The Balaban J connectivity index is 2.16. The van der Waals surface area contributed by atoms with Crippen LogP contribution in [0.25, 0.3) is 0 Å². The van der Waals surface area contributed by atoms with Gasteiger partial charge in [-0.3, -0.25) is 0 Å². The fraction of sp³-hybridized carbons (Fsp3) is 0.312. The molecule has 0 radical (unpaired) electrons. The van der Waals surface area contributed by atoms with Gasteiger partial charge in [0.05, 0.1) is 26.9 Å². The van der Waals surface area contributed by atoms with Crippen molar-refractivity contribution in [3.63, 3.8) is 0 Å². The van der Waals surface area contributed by atoms with Crippen molar-refractivity contribution in [1.82, 2.24) is 4.98 Å². The first-order valence-electron chi connectivity index (χ1n) is 6.95. The first-order chi connectivity index (χ1) is 11.4. The van der Waals surface area contributed by atoms with Gasteiger partial charge in [0.1, 0.15) is 11.6 Å². The van der Waals surface area contributed by atoms with Gasteiger partial charge in [-0.2, -0.15) is 13.2 Å². The van der Waals surface area contributed by atoms with Crippen LogP contribution in [-0.2, 0) is 12.7 Å². The molecule has 2 aromatic rings. The van der Waals surface area contributed by atoms with E-state index in [-0.39, 0.29) is 0 Å². The Labute approximate surface area is 137 Å². The summed E-state index contributed by atoms with van der Waals surface area (Å²) in [4.78, 5) is 3.76. The molecule has 0 saturated carbocycles. The molecule has 1 heterocycles. The monoisotopic (exact) mass is 342 g/mol. The molecule has 24 heavy (non-hydrogen) atoms. The standard InChI is InChI=1S/C16H17F3N2O3/c1-22-12-7-14(24-3)13(23-2)6-10(12)8-20-15-5-4-11(9-21-15)16(17,18)19/h4-7,9H,8H2,1-3H3,(H,20,21). The first-order valence-corrected chi connectivity index (χ1v) is 6.95. The number of alkyl halides is 3. The average molecular weight is 342 g/mol. The third-order valence-corrected chi connectivity index (χ3v) is 3.34. The van der Waals surface area contributed by atoms with Gasteiger partial charge in [-0.15, -0.1) is 0 Å². The Hall–Kier alpha value is -2.64. The molecule has 0 amide bonds. The van der Waals surface area contributed by atoms with Crippen LogP contribution in [0.2, 0.25) is 0 Å². The van der Waals surface area contributed by atoms with Crippen LogP contribution in [0.15, 0.2) is 30.5 Å².